The first-order valence-corrected chi connectivity index (χ1v) is 7.52. The molecule has 1 atom stereocenters. The van der Waals surface area contributed by atoms with Gasteiger partial charge >= 0.3 is 0 Å². The van der Waals surface area contributed by atoms with Crippen LogP contribution in [0.3, 0.4) is 0 Å². The number of benzene rings is 2. The number of aldehydes is 1. The number of nitro groups is 1. The molecule has 0 bridgehead atoms. The highest BCUT2D eigenvalue weighted by Gasteiger charge is 2.24. The third kappa shape index (κ3) is 4.39. The van der Waals surface area contributed by atoms with Gasteiger partial charge in [0.25, 0.3) is 6.04 Å². The Morgan fingerprint density at radius 3 is 2.67 bits per heavy atom. The number of rotatable bonds is 6. The molecule has 1 N–H and O–H groups in total. The number of nitrogens with zero attached hydrogens (tertiary/aromatic N) is 1. The molecule has 1 amide bonds. The van der Waals surface area contributed by atoms with E-state index in [1.165, 1.54) is 18.2 Å². The maximum absolute atomic E-state index is 12.1. The molecule has 2 aromatic rings. The van der Waals surface area contributed by atoms with Crippen molar-refractivity contribution in [3.8, 4) is 0 Å². The van der Waals surface area contributed by atoms with Crippen LogP contribution in [0, 0.1) is 17.0 Å². The number of anilines is 1. The Labute approximate surface area is 143 Å². The molecule has 124 valence electrons. The number of amides is 1. The number of nitrogens with one attached hydrogen (secondary N) is 1. The standard InChI is InChI=1S/C17H15ClN2O4/c1-11-3-2-4-12(7-11)8-17(22)19-13-5-6-14(15(18)9-13)16(10-21)20(23)24/h2-7,9-10,16H,8H2,1H3,(H,19,22). The average Bonchev–Trinajstić information content (AvgIpc) is 2.49. The minimum absolute atomic E-state index is 0.0529. The number of hydrogen-bond acceptors (Lipinski definition) is 4. The van der Waals surface area contributed by atoms with Crippen molar-refractivity contribution in [3.63, 3.8) is 0 Å². The molecule has 1 unspecified atom stereocenters. The first kappa shape index (κ1) is 17.6. The van der Waals surface area contributed by atoms with Gasteiger partial charge in [0.1, 0.15) is 0 Å². The predicted octanol–water partition coefficient (Wildman–Crippen LogP) is 3.35. The van der Waals surface area contributed by atoms with Crippen LogP contribution in [0.15, 0.2) is 42.5 Å². The van der Waals surface area contributed by atoms with Gasteiger partial charge in [0.15, 0.2) is 6.29 Å². The van der Waals surface area contributed by atoms with Crippen LogP contribution in [0.1, 0.15) is 22.7 Å². The van der Waals surface area contributed by atoms with Crippen molar-refractivity contribution in [1.82, 2.24) is 0 Å². The van der Waals surface area contributed by atoms with Crippen molar-refractivity contribution in [2.45, 2.75) is 19.4 Å². The van der Waals surface area contributed by atoms with Crippen LogP contribution < -0.4 is 5.32 Å². The Bertz CT molecular complexity index is 792. The van der Waals surface area contributed by atoms with Gasteiger partial charge in [0.2, 0.25) is 5.91 Å². The molecule has 0 saturated heterocycles. The third-order valence-electron chi connectivity index (χ3n) is 3.41. The van der Waals surface area contributed by atoms with Gasteiger partial charge < -0.3 is 5.32 Å². The molecule has 0 heterocycles. The molecule has 0 spiro atoms. The minimum atomic E-state index is -1.52. The van der Waals surface area contributed by atoms with Crippen LogP contribution in [-0.2, 0) is 16.0 Å². The van der Waals surface area contributed by atoms with E-state index in [2.05, 4.69) is 5.32 Å². The average molecular weight is 347 g/mol. The van der Waals surface area contributed by atoms with Crippen LogP contribution in [0.5, 0.6) is 0 Å². The SMILES string of the molecule is Cc1cccc(CC(=O)Nc2ccc(C(C=O)[N+](=O)[O-])c(Cl)c2)c1. The van der Waals surface area contributed by atoms with Crippen molar-refractivity contribution in [3.05, 3.63) is 74.3 Å². The zero-order valence-corrected chi connectivity index (χ0v) is 13.6. The monoisotopic (exact) mass is 346 g/mol. The van der Waals surface area contributed by atoms with Crippen LogP contribution in [0.4, 0.5) is 5.69 Å². The van der Waals surface area contributed by atoms with Crippen molar-refractivity contribution in [1.29, 1.82) is 0 Å². The second-order valence-electron chi connectivity index (χ2n) is 5.32. The number of aryl methyl sites for hydroxylation is 1. The zero-order chi connectivity index (χ0) is 17.7. The van der Waals surface area contributed by atoms with E-state index in [0.29, 0.717) is 5.69 Å². The van der Waals surface area contributed by atoms with E-state index < -0.39 is 11.0 Å². The molecule has 0 saturated carbocycles. The third-order valence-corrected chi connectivity index (χ3v) is 3.73. The van der Waals surface area contributed by atoms with E-state index in [4.69, 9.17) is 11.6 Å². The van der Waals surface area contributed by atoms with E-state index in [-0.39, 0.29) is 29.2 Å². The number of carbonyl (C=O) groups excluding carboxylic acids is 2. The lowest BCUT2D eigenvalue weighted by Gasteiger charge is -2.09. The molecule has 24 heavy (non-hydrogen) atoms. The predicted molar refractivity (Wildman–Crippen MR) is 90.8 cm³/mol. The Morgan fingerprint density at radius 1 is 1.33 bits per heavy atom. The van der Waals surface area contributed by atoms with Gasteiger partial charge in [-0.2, -0.15) is 0 Å². The van der Waals surface area contributed by atoms with E-state index in [9.17, 15) is 19.7 Å². The van der Waals surface area contributed by atoms with E-state index in [1.807, 2.05) is 31.2 Å². The van der Waals surface area contributed by atoms with Crippen molar-refractivity contribution < 1.29 is 14.5 Å². The molecule has 0 aromatic heterocycles. The lowest BCUT2D eigenvalue weighted by Crippen LogP contribution is -2.15. The van der Waals surface area contributed by atoms with Gasteiger partial charge in [-0.1, -0.05) is 41.4 Å². The van der Waals surface area contributed by atoms with E-state index in [1.54, 1.807) is 0 Å². The van der Waals surface area contributed by atoms with Gasteiger partial charge in [-0.3, -0.25) is 19.7 Å². The number of halogens is 1. The fourth-order valence-corrected chi connectivity index (χ4v) is 2.59. The Balaban J connectivity index is 2.10. The summed E-state index contributed by atoms with van der Waals surface area (Å²) in [6.07, 6.45) is 0.421. The zero-order valence-electron chi connectivity index (χ0n) is 12.9. The fourth-order valence-electron chi connectivity index (χ4n) is 2.29. The highest BCUT2D eigenvalue weighted by Crippen LogP contribution is 2.27. The highest BCUT2D eigenvalue weighted by molar-refractivity contribution is 6.31. The maximum Gasteiger partial charge on any atom is 0.293 e. The number of carbonyl (C=O) groups is 2. The van der Waals surface area contributed by atoms with Crippen molar-refractivity contribution >= 4 is 29.5 Å². The van der Waals surface area contributed by atoms with Gasteiger partial charge in [-0.15, -0.1) is 0 Å². The molecule has 0 aliphatic heterocycles. The number of hydrogen-bond donors (Lipinski definition) is 1. The maximum atomic E-state index is 12.1. The van der Waals surface area contributed by atoms with Crippen LogP contribution in [0.2, 0.25) is 5.02 Å². The van der Waals surface area contributed by atoms with Crippen LogP contribution in [-0.4, -0.2) is 17.1 Å². The van der Waals surface area contributed by atoms with Crippen LogP contribution in [0.25, 0.3) is 0 Å². The molecule has 0 fully saturated rings. The Hall–Kier alpha value is -2.73. The summed E-state index contributed by atoms with van der Waals surface area (Å²) in [5.41, 5.74) is 2.44. The summed E-state index contributed by atoms with van der Waals surface area (Å²) in [5, 5.41) is 13.6. The first-order chi connectivity index (χ1) is 11.4. The Kier molecular flexibility index (Phi) is 5.65. The molecule has 0 aliphatic carbocycles. The molecule has 6 nitrogen and oxygen atoms in total. The lowest BCUT2D eigenvalue weighted by atomic mass is 10.1. The van der Waals surface area contributed by atoms with Gasteiger partial charge in [0.05, 0.1) is 17.0 Å². The highest BCUT2D eigenvalue weighted by atomic mass is 35.5. The van der Waals surface area contributed by atoms with Crippen molar-refractivity contribution in [2.75, 3.05) is 5.32 Å². The first-order valence-electron chi connectivity index (χ1n) is 7.14. The normalized spacial score (nSPS) is 11.6. The second-order valence-corrected chi connectivity index (χ2v) is 5.72. The van der Waals surface area contributed by atoms with Gasteiger partial charge in [-0.05, 0) is 30.7 Å². The lowest BCUT2D eigenvalue weighted by molar-refractivity contribution is -0.511. The smallest absolute Gasteiger partial charge is 0.293 e. The van der Waals surface area contributed by atoms with Crippen LogP contribution >= 0.6 is 11.6 Å². The summed E-state index contributed by atoms with van der Waals surface area (Å²) in [6, 6.07) is 10.3. The summed E-state index contributed by atoms with van der Waals surface area (Å²) in [5.74, 6) is -0.231. The van der Waals surface area contributed by atoms with E-state index >= 15 is 0 Å². The molecule has 0 aliphatic rings. The van der Waals surface area contributed by atoms with Gasteiger partial charge in [-0.25, -0.2) is 0 Å². The molecule has 2 aromatic carbocycles. The largest absolute Gasteiger partial charge is 0.326 e. The summed E-state index contributed by atoms with van der Waals surface area (Å²) >= 11 is 6.00. The second kappa shape index (κ2) is 7.70. The quantitative estimate of drug-likeness (QED) is 0.493. The summed E-state index contributed by atoms with van der Waals surface area (Å²) in [6.45, 7) is 1.94. The summed E-state index contributed by atoms with van der Waals surface area (Å²) in [7, 11) is 0. The van der Waals surface area contributed by atoms with E-state index in [0.717, 1.165) is 11.1 Å². The van der Waals surface area contributed by atoms with Gasteiger partial charge in [0, 0.05) is 10.6 Å². The fraction of sp³-hybridized carbons (Fsp3) is 0.176. The molecule has 7 heteroatoms. The molecule has 0 radical (unpaired) electrons. The summed E-state index contributed by atoms with van der Waals surface area (Å²) in [4.78, 5) is 33.0. The van der Waals surface area contributed by atoms with Crippen molar-refractivity contribution in [2.24, 2.45) is 0 Å². The topological polar surface area (TPSA) is 89.3 Å². The molecule has 2 rings (SSSR count). The minimum Gasteiger partial charge on any atom is -0.326 e. The molecular weight excluding hydrogens is 332 g/mol. The Morgan fingerprint density at radius 2 is 2.08 bits per heavy atom. The molecular formula is C17H15ClN2O4. The summed E-state index contributed by atoms with van der Waals surface area (Å²) < 4.78 is 0.